The van der Waals surface area contributed by atoms with Crippen LogP contribution in [0.15, 0.2) is 84.9 Å². The second-order valence-electron chi connectivity index (χ2n) is 6.27. The van der Waals surface area contributed by atoms with Gasteiger partial charge < -0.3 is 0 Å². The topological polar surface area (TPSA) is 17.8 Å². The van der Waals surface area contributed by atoms with E-state index in [0.717, 1.165) is 17.1 Å². The van der Waals surface area contributed by atoms with Crippen LogP contribution in [-0.2, 0) is 0 Å². The Bertz CT molecular complexity index is 941. The summed E-state index contributed by atoms with van der Waals surface area (Å²) < 4.78 is 2.07. The van der Waals surface area contributed by atoms with Gasteiger partial charge in [0, 0.05) is 16.8 Å². The van der Waals surface area contributed by atoms with E-state index in [0.29, 0.717) is 0 Å². The zero-order chi connectivity index (χ0) is 17.2. The van der Waals surface area contributed by atoms with E-state index in [9.17, 15) is 0 Å². The maximum Gasteiger partial charge on any atom is 0.0805 e. The lowest BCUT2D eigenvalue weighted by Gasteiger charge is -2.17. The van der Waals surface area contributed by atoms with Gasteiger partial charge in [-0.3, -0.25) is 0 Å². The van der Waals surface area contributed by atoms with Crippen LogP contribution >= 0.6 is 0 Å². The zero-order valence-corrected chi connectivity index (χ0v) is 14.5. The standard InChI is InChI=1S/C23H20N2/c1-17-16-18(2)25(24-17)23-21(19-10-5-3-6-11-19)14-9-15-22(23)20-12-7-4-8-13-20/h3-16H,1-2H3. The van der Waals surface area contributed by atoms with Crippen molar-refractivity contribution in [3.05, 3.63) is 96.3 Å². The molecular weight excluding hydrogens is 304 g/mol. The molecule has 1 heterocycles. The summed E-state index contributed by atoms with van der Waals surface area (Å²) in [6.07, 6.45) is 0. The largest absolute Gasteiger partial charge is 0.237 e. The van der Waals surface area contributed by atoms with Gasteiger partial charge in [0.1, 0.15) is 0 Å². The predicted octanol–water partition coefficient (Wildman–Crippen LogP) is 5.82. The van der Waals surface area contributed by atoms with E-state index in [1.165, 1.54) is 22.3 Å². The molecule has 3 aromatic carbocycles. The van der Waals surface area contributed by atoms with Crippen LogP contribution in [0.5, 0.6) is 0 Å². The van der Waals surface area contributed by atoms with Crippen molar-refractivity contribution in [2.24, 2.45) is 0 Å². The molecule has 0 fully saturated rings. The quantitative estimate of drug-likeness (QED) is 0.464. The Morgan fingerprint density at radius 1 is 0.640 bits per heavy atom. The highest BCUT2D eigenvalue weighted by Crippen LogP contribution is 2.35. The third kappa shape index (κ3) is 2.87. The summed E-state index contributed by atoms with van der Waals surface area (Å²) in [6, 6.07) is 29.6. The summed E-state index contributed by atoms with van der Waals surface area (Å²) in [7, 11) is 0. The van der Waals surface area contributed by atoms with Crippen LogP contribution in [-0.4, -0.2) is 9.78 Å². The average molecular weight is 324 g/mol. The van der Waals surface area contributed by atoms with Crippen LogP contribution in [0.25, 0.3) is 27.9 Å². The number of rotatable bonds is 3. The fourth-order valence-electron chi connectivity index (χ4n) is 3.33. The first-order valence-corrected chi connectivity index (χ1v) is 8.51. The van der Waals surface area contributed by atoms with E-state index in [1.54, 1.807) is 0 Å². The highest BCUT2D eigenvalue weighted by molar-refractivity contribution is 5.85. The molecule has 0 saturated carbocycles. The maximum atomic E-state index is 4.77. The lowest BCUT2D eigenvalue weighted by molar-refractivity contribution is 0.836. The van der Waals surface area contributed by atoms with E-state index in [-0.39, 0.29) is 0 Å². The third-order valence-electron chi connectivity index (χ3n) is 4.43. The molecule has 0 spiro atoms. The molecule has 0 aliphatic heterocycles. The molecule has 25 heavy (non-hydrogen) atoms. The van der Waals surface area contributed by atoms with Crippen molar-refractivity contribution in [2.75, 3.05) is 0 Å². The summed E-state index contributed by atoms with van der Waals surface area (Å²) >= 11 is 0. The number of hydrogen-bond acceptors (Lipinski definition) is 1. The van der Waals surface area contributed by atoms with Crippen molar-refractivity contribution in [2.45, 2.75) is 13.8 Å². The normalized spacial score (nSPS) is 10.8. The molecule has 0 atom stereocenters. The first-order valence-electron chi connectivity index (χ1n) is 8.51. The second-order valence-corrected chi connectivity index (χ2v) is 6.27. The van der Waals surface area contributed by atoms with Gasteiger partial charge in [-0.05, 0) is 31.0 Å². The number of hydrogen-bond donors (Lipinski definition) is 0. The molecule has 0 amide bonds. The van der Waals surface area contributed by atoms with Crippen molar-refractivity contribution < 1.29 is 0 Å². The van der Waals surface area contributed by atoms with E-state index < -0.39 is 0 Å². The van der Waals surface area contributed by atoms with Crippen LogP contribution in [0.4, 0.5) is 0 Å². The van der Waals surface area contributed by atoms with Crippen molar-refractivity contribution in [3.63, 3.8) is 0 Å². The molecule has 0 aliphatic carbocycles. The first-order chi connectivity index (χ1) is 12.2. The van der Waals surface area contributed by atoms with E-state index in [1.807, 2.05) is 19.1 Å². The van der Waals surface area contributed by atoms with Crippen molar-refractivity contribution in [1.82, 2.24) is 9.78 Å². The molecule has 2 heteroatoms. The van der Waals surface area contributed by atoms with Gasteiger partial charge in [-0.15, -0.1) is 0 Å². The fourth-order valence-corrected chi connectivity index (χ4v) is 3.33. The van der Waals surface area contributed by atoms with Crippen molar-refractivity contribution >= 4 is 0 Å². The molecule has 122 valence electrons. The minimum absolute atomic E-state index is 1.03. The fraction of sp³-hybridized carbons (Fsp3) is 0.0870. The Morgan fingerprint density at radius 3 is 1.60 bits per heavy atom. The maximum absolute atomic E-state index is 4.77. The molecule has 0 N–H and O–H groups in total. The molecule has 0 aliphatic rings. The van der Waals surface area contributed by atoms with E-state index >= 15 is 0 Å². The van der Waals surface area contributed by atoms with Crippen molar-refractivity contribution in [3.8, 4) is 27.9 Å². The molecule has 1 aromatic heterocycles. The van der Waals surface area contributed by atoms with Crippen LogP contribution in [0.2, 0.25) is 0 Å². The van der Waals surface area contributed by atoms with Gasteiger partial charge in [-0.1, -0.05) is 78.9 Å². The van der Waals surface area contributed by atoms with Crippen LogP contribution in [0, 0.1) is 13.8 Å². The Balaban J connectivity index is 2.05. The summed E-state index contributed by atoms with van der Waals surface area (Å²) in [6.45, 7) is 4.15. The summed E-state index contributed by atoms with van der Waals surface area (Å²) in [5.74, 6) is 0. The van der Waals surface area contributed by atoms with Gasteiger partial charge >= 0.3 is 0 Å². The SMILES string of the molecule is Cc1cc(C)n(-c2c(-c3ccccc3)cccc2-c2ccccc2)n1. The van der Waals surface area contributed by atoms with Crippen LogP contribution in [0.1, 0.15) is 11.4 Å². The van der Waals surface area contributed by atoms with Gasteiger partial charge in [-0.25, -0.2) is 4.68 Å². The molecular formula is C23H20N2. The second kappa shape index (κ2) is 6.40. The van der Waals surface area contributed by atoms with Gasteiger partial charge in [0.05, 0.1) is 11.4 Å². The molecule has 0 bridgehead atoms. The number of aromatic nitrogens is 2. The van der Waals surface area contributed by atoms with Crippen LogP contribution < -0.4 is 0 Å². The number of nitrogens with zero attached hydrogens (tertiary/aromatic N) is 2. The molecule has 4 aromatic rings. The number of aryl methyl sites for hydroxylation is 2. The van der Waals surface area contributed by atoms with E-state index in [2.05, 4.69) is 84.4 Å². The lowest BCUT2D eigenvalue weighted by atomic mass is 9.96. The van der Waals surface area contributed by atoms with Gasteiger partial charge in [0.25, 0.3) is 0 Å². The Labute approximate surface area is 148 Å². The van der Waals surface area contributed by atoms with Gasteiger partial charge in [0.15, 0.2) is 0 Å². The molecule has 2 nitrogen and oxygen atoms in total. The van der Waals surface area contributed by atoms with E-state index in [4.69, 9.17) is 5.10 Å². The first kappa shape index (κ1) is 15.4. The predicted molar refractivity (Wildman–Crippen MR) is 104 cm³/mol. The van der Waals surface area contributed by atoms with Gasteiger partial charge in [-0.2, -0.15) is 5.10 Å². The average Bonchev–Trinajstić information content (AvgIpc) is 3.00. The monoisotopic (exact) mass is 324 g/mol. The summed E-state index contributed by atoms with van der Waals surface area (Å²) in [5, 5.41) is 4.77. The molecule has 0 radical (unpaired) electrons. The summed E-state index contributed by atoms with van der Waals surface area (Å²) in [4.78, 5) is 0. The van der Waals surface area contributed by atoms with Gasteiger partial charge in [0.2, 0.25) is 0 Å². The molecule has 4 rings (SSSR count). The highest BCUT2D eigenvalue weighted by atomic mass is 15.3. The Kier molecular flexibility index (Phi) is 3.95. The smallest absolute Gasteiger partial charge is 0.0805 e. The minimum atomic E-state index is 1.03. The third-order valence-corrected chi connectivity index (χ3v) is 4.43. The lowest BCUT2D eigenvalue weighted by Crippen LogP contribution is -2.04. The zero-order valence-electron chi connectivity index (χ0n) is 14.5. The Morgan fingerprint density at radius 2 is 1.16 bits per heavy atom. The molecule has 0 unspecified atom stereocenters. The highest BCUT2D eigenvalue weighted by Gasteiger charge is 2.16. The summed E-state index contributed by atoms with van der Waals surface area (Å²) in [5.41, 5.74) is 8.06. The van der Waals surface area contributed by atoms with Crippen molar-refractivity contribution in [1.29, 1.82) is 0 Å². The number of benzene rings is 3. The van der Waals surface area contributed by atoms with Crippen LogP contribution in [0.3, 0.4) is 0 Å². The Hall–Kier alpha value is -3.13. The molecule has 0 saturated heterocycles. The number of para-hydroxylation sites is 1. The minimum Gasteiger partial charge on any atom is -0.237 e.